The van der Waals surface area contributed by atoms with Crippen LogP contribution in [0.5, 0.6) is 0 Å². The van der Waals surface area contributed by atoms with Gasteiger partial charge in [0, 0.05) is 26.2 Å². The fraction of sp³-hybridized carbons (Fsp3) is 0.611. The number of guanidine groups is 1. The summed E-state index contributed by atoms with van der Waals surface area (Å²) in [5, 5.41) is 0. The Morgan fingerprint density at radius 3 is 2.91 bits per heavy atom. The number of piperidine rings is 1. The van der Waals surface area contributed by atoms with Gasteiger partial charge in [0.05, 0.1) is 6.10 Å². The third kappa shape index (κ3) is 5.34. The highest BCUT2D eigenvalue weighted by molar-refractivity contribution is 5.78. The quantitative estimate of drug-likeness (QED) is 0.499. The maximum absolute atomic E-state index is 6.08. The molecular weight excluding hydrogens is 274 g/mol. The summed E-state index contributed by atoms with van der Waals surface area (Å²) in [5.74, 6) is 1.42. The van der Waals surface area contributed by atoms with Crippen molar-refractivity contribution in [1.82, 2.24) is 4.90 Å². The Labute approximate surface area is 134 Å². The smallest absolute Gasteiger partial charge is 0.191 e. The number of hydrogen-bond acceptors (Lipinski definition) is 2. The predicted molar refractivity (Wildman–Crippen MR) is 91.9 cm³/mol. The summed E-state index contributed by atoms with van der Waals surface area (Å²) in [5.41, 5.74) is 7.29. The minimum Gasteiger partial charge on any atom is -0.374 e. The van der Waals surface area contributed by atoms with Crippen LogP contribution in [0.3, 0.4) is 0 Å². The molecule has 0 bridgehead atoms. The van der Waals surface area contributed by atoms with E-state index in [0.29, 0.717) is 12.6 Å². The van der Waals surface area contributed by atoms with Crippen molar-refractivity contribution in [2.45, 2.75) is 39.2 Å². The summed E-state index contributed by atoms with van der Waals surface area (Å²) in [6, 6.07) is 10.3. The van der Waals surface area contributed by atoms with Crippen LogP contribution in [0.25, 0.3) is 0 Å². The Balaban J connectivity index is 1.65. The highest BCUT2D eigenvalue weighted by Gasteiger charge is 2.17. The van der Waals surface area contributed by atoms with E-state index in [9.17, 15) is 0 Å². The van der Waals surface area contributed by atoms with E-state index in [0.717, 1.165) is 32.0 Å². The van der Waals surface area contributed by atoms with Crippen molar-refractivity contribution in [2.24, 2.45) is 16.6 Å². The first kappa shape index (κ1) is 16.8. The fourth-order valence-electron chi connectivity index (χ4n) is 2.84. The van der Waals surface area contributed by atoms with Crippen molar-refractivity contribution >= 4 is 5.96 Å². The molecule has 4 nitrogen and oxygen atoms in total. The van der Waals surface area contributed by atoms with Gasteiger partial charge < -0.3 is 15.4 Å². The lowest BCUT2D eigenvalue weighted by molar-refractivity contribution is 0.0651. The van der Waals surface area contributed by atoms with E-state index < -0.39 is 0 Å². The fourth-order valence-corrected chi connectivity index (χ4v) is 2.84. The number of rotatable bonds is 6. The van der Waals surface area contributed by atoms with Gasteiger partial charge in [0.1, 0.15) is 0 Å². The maximum atomic E-state index is 6.08. The topological polar surface area (TPSA) is 50.8 Å². The Morgan fingerprint density at radius 2 is 2.18 bits per heavy atom. The molecule has 1 aromatic carbocycles. The van der Waals surface area contributed by atoms with Crippen molar-refractivity contribution in [3.63, 3.8) is 0 Å². The number of ether oxygens (including phenoxy) is 1. The summed E-state index contributed by atoms with van der Waals surface area (Å²) in [6.07, 6.45) is 3.55. The van der Waals surface area contributed by atoms with Crippen molar-refractivity contribution in [3.8, 4) is 0 Å². The Kier molecular flexibility index (Phi) is 6.72. The van der Waals surface area contributed by atoms with Gasteiger partial charge in [-0.3, -0.25) is 4.99 Å². The van der Waals surface area contributed by atoms with E-state index in [1.165, 1.54) is 18.4 Å². The van der Waals surface area contributed by atoms with Gasteiger partial charge in [0.25, 0.3) is 0 Å². The first-order chi connectivity index (χ1) is 10.7. The van der Waals surface area contributed by atoms with Crippen LogP contribution in [-0.4, -0.2) is 37.1 Å². The highest BCUT2D eigenvalue weighted by atomic mass is 16.5. The van der Waals surface area contributed by atoms with Crippen LogP contribution < -0.4 is 5.73 Å². The first-order valence-corrected chi connectivity index (χ1v) is 8.38. The van der Waals surface area contributed by atoms with Gasteiger partial charge in [-0.05, 0) is 37.7 Å². The minimum absolute atomic E-state index is 0.130. The normalized spacial score (nSPS) is 20.9. The van der Waals surface area contributed by atoms with Crippen LogP contribution in [0.4, 0.5) is 0 Å². The van der Waals surface area contributed by atoms with Crippen molar-refractivity contribution in [1.29, 1.82) is 0 Å². The molecule has 0 saturated carbocycles. The average molecular weight is 303 g/mol. The molecule has 2 N–H and O–H groups in total. The number of benzene rings is 1. The summed E-state index contributed by atoms with van der Waals surface area (Å²) >= 11 is 0. The molecule has 2 atom stereocenters. The SMILES string of the molecule is CC1CCCN(C(N)=NCCCOC(C)c2ccccc2)C1. The summed E-state index contributed by atoms with van der Waals surface area (Å²) < 4.78 is 5.85. The third-order valence-electron chi connectivity index (χ3n) is 4.19. The first-order valence-electron chi connectivity index (χ1n) is 8.38. The third-order valence-corrected chi connectivity index (χ3v) is 4.19. The van der Waals surface area contributed by atoms with Crippen LogP contribution in [0.1, 0.15) is 44.8 Å². The molecule has 122 valence electrons. The zero-order valence-corrected chi connectivity index (χ0v) is 13.9. The van der Waals surface area contributed by atoms with Crippen molar-refractivity contribution in [3.05, 3.63) is 35.9 Å². The highest BCUT2D eigenvalue weighted by Crippen LogP contribution is 2.16. The second kappa shape index (κ2) is 8.79. The van der Waals surface area contributed by atoms with Gasteiger partial charge in [-0.1, -0.05) is 37.3 Å². The molecule has 2 unspecified atom stereocenters. The lowest BCUT2D eigenvalue weighted by Crippen LogP contribution is -2.43. The minimum atomic E-state index is 0.130. The zero-order chi connectivity index (χ0) is 15.8. The number of likely N-dealkylation sites (tertiary alicyclic amines) is 1. The van der Waals surface area contributed by atoms with Crippen LogP contribution in [0.15, 0.2) is 35.3 Å². The van der Waals surface area contributed by atoms with Gasteiger partial charge >= 0.3 is 0 Å². The molecule has 1 aromatic rings. The van der Waals surface area contributed by atoms with Crippen LogP contribution in [-0.2, 0) is 4.74 Å². The van der Waals surface area contributed by atoms with E-state index >= 15 is 0 Å². The summed E-state index contributed by atoms with van der Waals surface area (Å²) in [7, 11) is 0. The van der Waals surface area contributed by atoms with Gasteiger partial charge in [0.2, 0.25) is 0 Å². The van der Waals surface area contributed by atoms with E-state index in [2.05, 4.69) is 35.9 Å². The van der Waals surface area contributed by atoms with E-state index in [4.69, 9.17) is 10.5 Å². The molecule has 4 heteroatoms. The number of nitrogens with zero attached hydrogens (tertiary/aromatic N) is 2. The second-order valence-electron chi connectivity index (χ2n) is 6.21. The average Bonchev–Trinajstić information content (AvgIpc) is 2.55. The molecule has 2 rings (SSSR count). The number of aliphatic imine (C=N–C) groups is 1. The van der Waals surface area contributed by atoms with E-state index in [1.54, 1.807) is 0 Å². The standard InChI is InChI=1S/C18H29N3O/c1-15-8-6-12-21(14-15)18(19)20-11-7-13-22-16(2)17-9-4-3-5-10-17/h3-5,9-10,15-16H,6-8,11-14H2,1-2H3,(H2,19,20). The molecular formula is C18H29N3O. The number of nitrogens with two attached hydrogens (primary N) is 1. The van der Waals surface area contributed by atoms with Gasteiger partial charge in [-0.2, -0.15) is 0 Å². The zero-order valence-electron chi connectivity index (χ0n) is 13.9. The van der Waals surface area contributed by atoms with Gasteiger partial charge in [-0.25, -0.2) is 0 Å². The number of hydrogen-bond donors (Lipinski definition) is 1. The van der Waals surface area contributed by atoms with E-state index in [1.807, 2.05) is 18.2 Å². The molecule has 1 heterocycles. The Morgan fingerprint density at radius 1 is 1.41 bits per heavy atom. The molecule has 0 amide bonds. The van der Waals surface area contributed by atoms with E-state index in [-0.39, 0.29) is 6.10 Å². The van der Waals surface area contributed by atoms with Gasteiger partial charge in [0.15, 0.2) is 5.96 Å². The Bertz CT molecular complexity index is 461. The molecule has 1 fully saturated rings. The predicted octanol–water partition coefficient (Wildman–Crippen LogP) is 3.20. The molecule has 0 radical (unpaired) electrons. The van der Waals surface area contributed by atoms with Crippen LogP contribution >= 0.6 is 0 Å². The Hall–Kier alpha value is -1.55. The lowest BCUT2D eigenvalue weighted by atomic mass is 10.0. The molecule has 1 saturated heterocycles. The molecule has 1 aliphatic heterocycles. The molecule has 0 aromatic heterocycles. The molecule has 22 heavy (non-hydrogen) atoms. The van der Waals surface area contributed by atoms with Crippen LogP contribution in [0.2, 0.25) is 0 Å². The molecule has 0 aliphatic carbocycles. The van der Waals surface area contributed by atoms with Crippen molar-refractivity contribution in [2.75, 3.05) is 26.2 Å². The lowest BCUT2D eigenvalue weighted by Gasteiger charge is -2.31. The second-order valence-corrected chi connectivity index (χ2v) is 6.21. The largest absolute Gasteiger partial charge is 0.374 e. The maximum Gasteiger partial charge on any atom is 0.191 e. The van der Waals surface area contributed by atoms with Gasteiger partial charge in [-0.15, -0.1) is 0 Å². The molecule has 1 aliphatic rings. The van der Waals surface area contributed by atoms with Crippen LogP contribution in [0, 0.1) is 5.92 Å². The monoisotopic (exact) mass is 303 g/mol. The van der Waals surface area contributed by atoms with Crippen molar-refractivity contribution < 1.29 is 4.74 Å². The molecule has 0 spiro atoms. The summed E-state index contributed by atoms with van der Waals surface area (Å²) in [6.45, 7) is 7.89. The summed E-state index contributed by atoms with van der Waals surface area (Å²) in [4.78, 5) is 6.70.